The number of nitrogens with zero attached hydrogens (tertiary/aromatic N) is 1. The zero-order valence-electron chi connectivity index (χ0n) is 16.6. The molecule has 0 aliphatic rings. The summed E-state index contributed by atoms with van der Waals surface area (Å²) in [5.74, 6) is -0.960. The molecule has 4 nitrogen and oxygen atoms in total. The van der Waals surface area contributed by atoms with E-state index in [9.17, 15) is 18.0 Å². The third-order valence-corrected chi connectivity index (χ3v) is 5.69. The lowest BCUT2D eigenvalue weighted by molar-refractivity contribution is -0.274. The minimum Gasteiger partial charge on any atom is -0.406 e. The smallest absolute Gasteiger partial charge is 0.406 e. The highest BCUT2D eigenvalue weighted by Crippen LogP contribution is 2.31. The summed E-state index contributed by atoms with van der Waals surface area (Å²) >= 11 is 1.58. The number of aryl methyl sites for hydroxylation is 2. The van der Waals surface area contributed by atoms with Gasteiger partial charge in [0.15, 0.2) is 0 Å². The predicted octanol–water partition coefficient (Wildman–Crippen LogP) is 6.73. The summed E-state index contributed by atoms with van der Waals surface area (Å²) in [4.78, 5) is 17.2. The van der Waals surface area contributed by atoms with Crippen LogP contribution < -0.4 is 10.1 Å². The van der Waals surface area contributed by atoms with Gasteiger partial charge in [-0.25, -0.2) is 4.98 Å². The van der Waals surface area contributed by atoms with Gasteiger partial charge in [-0.3, -0.25) is 4.79 Å². The van der Waals surface area contributed by atoms with E-state index in [2.05, 4.69) is 21.1 Å². The van der Waals surface area contributed by atoms with Crippen LogP contribution in [0.25, 0.3) is 20.8 Å². The molecule has 0 saturated heterocycles. The molecule has 4 aromatic rings. The first-order valence-electron chi connectivity index (χ1n) is 9.33. The maximum atomic E-state index is 12.6. The van der Waals surface area contributed by atoms with Gasteiger partial charge in [-0.1, -0.05) is 12.1 Å². The molecule has 0 radical (unpaired) electrons. The van der Waals surface area contributed by atoms with E-state index in [0.29, 0.717) is 11.3 Å². The van der Waals surface area contributed by atoms with E-state index in [4.69, 9.17) is 0 Å². The van der Waals surface area contributed by atoms with Crippen molar-refractivity contribution in [3.63, 3.8) is 0 Å². The molecule has 0 atom stereocenters. The second kappa shape index (κ2) is 8.03. The Bertz CT molecular complexity index is 1260. The fourth-order valence-corrected chi connectivity index (χ4v) is 4.16. The number of carbonyl (C=O) groups is 1. The van der Waals surface area contributed by atoms with Crippen molar-refractivity contribution >= 4 is 33.1 Å². The van der Waals surface area contributed by atoms with Crippen molar-refractivity contribution in [3.05, 3.63) is 77.4 Å². The van der Waals surface area contributed by atoms with Gasteiger partial charge in [-0.2, -0.15) is 0 Å². The molecule has 1 heterocycles. The Balaban J connectivity index is 1.52. The highest BCUT2D eigenvalue weighted by atomic mass is 32.1. The zero-order chi connectivity index (χ0) is 22.2. The number of benzene rings is 3. The van der Waals surface area contributed by atoms with Crippen molar-refractivity contribution < 1.29 is 22.7 Å². The van der Waals surface area contributed by atoms with E-state index in [1.54, 1.807) is 30.4 Å². The van der Waals surface area contributed by atoms with Gasteiger partial charge >= 0.3 is 6.36 Å². The first-order valence-corrected chi connectivity index (χ1v) is 10.1. The number of hydrogen-bond acceptors (Lipinski definition) is 4. The summed E-state index contributed by atoms with van der Waals surface area (Å²) in [7, 11) is 0. The molecule has 31 heavy (non-hydrogen) atoms. The highest BCUT2D eigenvalue weighted by Gasteiger charge is 2.31. The minimum atomic E-state index is -4.82. The number of aromatic nitrogens is 1. The summed E-state index contributed by atoms with van der Waals surface area (Å²) in [6, 6.07) is 16.9. The van der Waals surface area contributed by atoms with Crippen LogP contribution in [0.5, 0.6) is 5.75 Å². The number of carbonyl (C=O) groups excluding carboxylic acids is 1. The van der Waals surface area contributed by atoms with Crippen LogP contribution in [0.3, 0.4) is 0 Å². The minimum absolute atomic E-state index is 0.104. The number of fused-ring (bicyclic) bond motifs is 1. The number of nitrogens with one attached hydrogen (secondary N) is 1. The van der Waals surface area contributed by atoms with Gasteiger partial charge in [0.25, 0.3) is 5.91 Å². The Morgan fingerprint density at radius 1 is 1.00 bits per heavy atom. The van der Waals surface area contributed by atoms with Crippen LogP contribution in [-0.4, -0.2) is 17.3 Å². The van der Waals surface area contributed by atoms with Gasteiger partial charge in [0.1, 0.15) is 10.8 Å². The fourth-order valence-electron chi connectivity index (χ4n) is 3.09. The largest absolute Gasteiger partial charge is 0.573 e. The van der Waals surface area contributed by atoms with Gasteiger partial charge < -0.3 is 10.1 Å². The summed E-state index contributed by atoms with van der Waals surface area (Å²) in [5, 5.41) is 3.58. The number of anilines is 1. The van der Waals surface area contributed by atoms with Crippen LogP contribution in [0.1, 0.15) is 21.5 Å². The van der Waals surface area contributed by atoms with Gasteiger partial charge in [-0.15, -0.1) is 24.5 Å². The Morgan fingerprint density at radius 2 is 1.74 bits per heavy atom. The molecule has 0 fully saturated rings. The van der Waals surface area contributed by atoms with Gasteiger partial charge in [0, 0.05) is 16.8 Å². The third kappa shape index (κ3) is 4.86. The summed E-state index contributed by atoms with van der Waals surface area (Å²) in [6.45, 7) is 3.67. The SMILES string of the molecule is Cc1ccc2nc(-c3ccc(NC(=O)c4cc(OC(F)(F)F)ccc4C)cc3)sc2c1. The monoisotopic (exact) mass is 442 g/mol. The molecule has 8 heteroatoms. The molecule has 3 aromatic carbocycles. The number of hydrogen-bond donors (Lipinski definition) is 1. The van der Waals surface area contributed by atoms with Crippen LogP contribution in [0.2, 0.25) is 0 Å². The second-order valence-corrected chi connectivity index (χ2v) is 8.08. The van der Waals surface area contributed by atoms with Crippen LogP contribution in [0.4, 0.5) is 18.9 Å². The molecule has 4 rings (SSSR count). The lowest BCUT2D eigenvalue weighted by Crippen LogP contribution is -2.18. The Labute approximate surface area is 180 Å². The molecule has 1 N–H and O–H groups in total. The standard InChI is InChI=1S/C23H17F3N2O2S/c1-13-3-10-19-20(11-13)31-22(28-19)15-5-7-16(8-6-15)27-21(29)18-12-17(9-4-14(18)2)30-23(24,25)26/h3-12H,1-2H3,(H,27,29). The number of amides is 1. The molecule has 158 valence electrons. The van der Waals surface area contributed by atoms with Crippen molar-refractivity contribution in [2.75, 3.05) is 5.32 Å². The van der Waals surface area contributed by atoms with Crippen LogP contribution in [-0.2, 0) is 0 Å². The molecule has 1 aromatic heterocycles. The lowest BCUT2D eigenvalue weighted by atomic mass is 10.1. The predicted molar refractivity (Wildman–Crippen MR) is 116 cm³/mol. The van der Waals surface area contributed by atoms with Crippen LogP contribution in [0, 0.1) is 13.8 Å². The van der Waals surface area contributed by atoms with E-state index in [1.807, 2.05) is 31.2 Å². The molecule has 0 aliphatic heterocycles. The molecular formula is C23H17F3N2O2S. The molecule has 0 spiro atoms. The van der Waals surface area contributed by atoms with E-state index in [0.717, 1.165) is 26.9 Å². The van der Waals surface area contributed by atoms with Crippen molar-refractivity contribution in [1.82, 2.24) is 4.98 Å². The number of alkyl halides is 3. The van der Waals surface area contributed by atoms with Gasteiger partial charge in [-0.05, 0) is 73.5 Å². The first kappa shape index (κ1) is 20.9. The Hall–Kier alpha value is -3.39. The maximum absolute atomic E-state index is 12.6. The summed E-state index contributed by atoms with van der Waals surface area (Å²) < 4.78 is 42.4. The third-order valence-electron chi connectivity index (χ3n) is 4.62. The fraction of sp³-hybridized carbons (Fsp3) is 0.130. The van der Waals surface area contributed by atoms with Crippen molar-refractivity contribution in [2.45, 2.75) is 20.2 Å². The molecule has 0 bridgehead atoms. The normalized spacial score (nSPS) is 11.5. The maximum Gasteiger partial charge on any atom is 0.573 e. The molecule has 0 saturated carbocycles. The average molecular weight is 442 g/mol. The molecule has 1 amide bonds. The zero-order valence-corrected chi connectivity index (χ0v) is 17.4. The van der Waals surface area contributed by atoms with Crippen LogP contribution in [0.15, 0.2) is 60.7 Å². The highest BCUT2D eigenvalue weighted by molar-refractivity contribution is 7.21. The number of thiazole rings is 1. The first-order chi connectivity index (χ1) is 14.7. The van der Waals surface area contributed by atoms with Gasteiger partial charge in [0.2, 0.25) is 0 Å². The number of rotatable bonds is 4. The van der Waals surface area contributed by atoms with Gasteiger partial charge in [0.05, 0.1) is 10.2 Å². The summed E-state index contributed by atoms with van der Waals surface area (Å²) in [6.07, 6.45) is -4.82. The Kier molecular flexibility index (Phi) is 5.41. The van der Waals surface area contributed by atoms with Crippen LogP contribution >= 0.6 is 11.3 Å². The Morgan fingerprint density at radius 3 is 2.45 bits per heavy atom. The topological polar surface area (TPSA) is 51.2 Å². The van der Waals surface area contributed by atoms with Crippen molar-refractivity contribution in [1.29, 1.82) is 0 Å². The molecule has 0 aliphatic carbocycles. The van der Waals surface area contributed by atoms with E-state index in [-0.39, 0.29) is 5.56 Å². The van der Waals surface area contributed by atoms with E-state index < -0.39 is 18.0 Å². The summed E-state index contributed by atoms with van der Waals surface area (Å²) in [5.41, 5.74) is 4.17. The average Bonchev–Trinajstić information content (AvgIpc) is 3.12. The molecule has 0 unspecified atom stereocenters. The molecular weight excluding hydrogens is 425 g/mol. The number of halogens is 3. The quantitative estimate of drug-likeness (QED) is 0.381. The van der Waals surface area contributed by atoms with E-state index >= 15 is 0 Å². The van der Waals surface area contributed by atoms with Crippen molar-refractivity contribution in [2.24, 2.45) is 0 Å². The second-order valence-electron chi connectivity index (χ2n) is 7.05. The number of ether oxygens (including phenoxy) is 1. The van der Waals surface area contributed by atoms with E-state index in [1.165, 1.54) is 17.7 Å². The lowest BCUT2D eigenvalue weighted by Gasteiger charge is -2.12. The van der Waals surface area contributed by atoms with Crippen molar-refractivity contribution in [3.8, 4) is 16.3 Å².